The molecule has 0 unspecified atom stereocenters. The number of carbonyl (C=O) groups is 1. The minimum atomic E-state index is -3.59. The Labute approximate surface area is 155 Å². The number of amides is 1. The monoisotopic (exact) mass is 372 g/mol. The summed E-state index contributed by atoms with van der Waals surface area (Å²) >= 11 is 0. The second-order valence-electron chi connectivity index (χ2n) is 6.81. The molecular weight excluding hydrogens is 348 g/mol. The molecule has 1 heterocycles. The van der Waals surface area contributed by atoms with Crippen LogP contribution in [-0.2, 0) is 10.0 Å². The fourth-order valence-electron chi connectivity index (χ4n) is 3.29. The molecule has 1 atom stereocenters. The molecule has 6 heteroatoms. The Bertz CT molecular complexity index is 909. The largest absolute Gasteiger partial charge is 0.322 e. The van der Waals surface area contributed by atoms with Crippen LogP contribution in [0.25, 0.3) is 0 Å². The van der Waals surface area contributed by atoms with Crippen molar-refractivity contribution in [3.63, 3.8) is 0 Å². The number of benzene rings is 2. The van der Waals surface area contributed by atoms with Gasteiger partial charge in [0.15, 0.2) is 0 Å². The van der Waals surface area contributed by atoms with Gasteiger partial charge in [-0.2, -0.15) is 4.31 Å². The molecule has 1 amide bonds. The van der Waals surface area contributed by atoms with Crippen molar-refractivity contribution in [1.82, 2.24) is 4.31 Å². The number of rotatable bonds is 4. The lowest BCUT2D eigenvalue weighted by molar-refractivity contribution is 0.102. The number of anilines is 1. The number of piperidine rings is 1. The minimum Gasteiger partial charge on any atom is -0.322 e. The summed E-state index contributed by atoms with van der Waals surface area (Å²) in [6, 6.07) is 13.7. The van der Waals surface area contributed by atoms with Crippen LogP contribution in [0.1, 0.15) is 42.1 Å². The molecule has 0 radical (unpaired) electrons. The van der Waals surface area contributed by atoms with E-state index in [1.165, 1.54) is 6.07 Å². The Morgan fingerprint density at radius 2 is 1.88 bits per heavy atom. The zero-order chi connectivity index (χ0) is 18.7. The van der Waals surface area contributed by atoms with Crippen LogP contribution < -0.4 is 5.32 Å². The Morgan fingerprint density at radius 1 is 1.12 bits per heavy atom. The number of nitrogens with zero attached hydrogens (tertiary/aromatic N) is 1. The van der Waals surface area contributed by atoms with Crippen molar-refractivity contribution >= 4 is 21.6 Å². The molecule has 2 aromatic carbocycles. The summed E-state index contributed by atoms with van der Waals surface area (Å²) in [5.41, 5.74) is 2.06. The smallest absolute Gasteiger partial charge is 0.255 e. The molecular formula is C20H24N2O3S. The van der Waals surface area contributed by atoms with E-state index in [9.17, 15) is 13.2 Å². The fourth-order valence-corrected chi connectivity index (χ4v) is 5.03. The van der Waals surface area contributed by atoms with Crippen LogP contribution in [-0.4, -0.2) is 31.2 Å². The van der Waals surface area contributed by atoms with E-state index in [2.05, 4.69) is 5.32 Å². The maximum absolute atomic E-state index is 13.0. The average Bonchev–Trinajstić information content (AvgIpc) is 2.62. The van der Waals surface area contributed by atoms with Gasteiger partial charge >= 0.3 is 0 Å². The quantitative estimate of drug-likeness (QED) is 0.887. The third kappa shape index (κ3) is 3.97. The number of hydrogen-bond donors (Lipinski definition) is 1. The predicted molar refractivity (Wildman–Crippen MR) is 103 cm³/mol. The summed E-state index contributed by atoms with van der Waals surface area (Å²) in [5, 5.41) is 2.82. The van der Waals surface area contributed by atoms with Crippen molar-refractivity contribution in [2.45, 2.75) is 44.0 Å². The maximum atomic E-state index is 13.0. The van der Waals surface area contributed by atoms with Gasteiger partial charge in [-0.05, 0) is 62.6 Å². The van der Waals surface area contributed by atoms with Crippen LogP contribution in [0.3, 0.4) is 0 Å². The molecule has 0 spiro atoms. The second-order valence-corrected chi connectivity index (χ2v) is 8.70. The van der Waals surface area contributed by atoms with Crippen molar-refractivity contribution in [3.05, 3.63) is 59.7 Å². The first-order valence-corrected chi connectivity index (χ1v) is 10.3. The minimum absolute atomic E-state index is 0.0153. The molecule has 1 N–H and O–H groups in total. The topological polar surface area (TPSA) is 66.5 Å². The van der Waals surface area contributed by atoms with Crippen LogP contribution in [0.2, 0.25) is 0 Å². The van der Waals surface area contributed by atoms with E-state index in [-0.39, 0.29) is 16.8 Å². The molecule has 1 fully saturated rings. The zero-order valence-electron chi connectivity index (χ0n) is 15.1. The summed E-state index contributed by atoms with van der Waals surface area (Å²) in [6.45, 7) is 4.41. The van der Waals surface area contributed by atoms with Crippen LogP contribution in [0.15, 0.2) is 53.4 Å². The van der Waals surface area contributed by atoms with Crippen molar-refractivity contribution in [2.75, 3.05) is 11.9 Å². The standard InChI is InChI=1S/C20H24N2O3S/c1-15-7-5-10-18(13-15)21-20(23)17-9-6-11-19(14-17)26(24,25)22-12-4-3-8-16(22)2/h5-7,9-11,13-14,16H,3-4,8,12H2,1-2H3,(H,21,23)/t16-/m0/s1. The highest BCUT2D eigenvalue weighted by Gasteiger charge is 2.31. The van der Waals surface area contributed by atoms with Gasteiger partial charge in [-0.3, -0.25) is 4.79 Å². The lowest BCUT2D eigenvalue weighted by Gasteiger charge is -2.32. The molecule has 0 bridgehead atoms. The number of carbonyl (C=O) groups excluding carboxylic acids is 1. The number of aryl methyl sites for hydroxylation is 1. The molecule has 5 nitrogen and oxygen atoms in total. The molecule has 26 heavy (non-hydrogen) atoms. The fraction of sp³-hybridized carbons (Fsp3) is 0.350. The van der Waals surface area contributed by atoms with Crippen LogP contribution >= 0.6 is 0 Å². The van der Waals surface area contributed by atoms with Gasteiger partial charge in [0.05, 0.1) is 4.90 Å². The summed E-state index contributed by atoms with van der Waals surface area (Å²) < 4.78 is 27.5. The first-order chi connectivity index (χ1) is 12.4. The summed E-state index contributed by atoms with van der Waals surface area (Å²) in [6.07, 6.45) is 2.79. The normalized spacial score (nSPS) is 18.5. The van der Waals surface area contributed by atoms with E-state index in [1.807, 2.05) is 32.0 Å². The van der Waals surface area contributed by atoms with Gasteiger partial charge in [0.2, 0.25) is 10.0 Å². The summed E-state index contributed by atoms with van der Waals surface area (Å²) in [4.78, 5) is 12.7. The maximum Gasteiger partial charge on any atom is 0.255 e. The molecule has 2 aromatic rings. The molecule has 1 aliphatic rings. The lowest BCUT2D eigenvalue weighted by Crippen LogP contribution is -2.41. The SMILES string of the molecule is Cc1cccc(NC(=O)c2cccc(S(=O)(=O)N3CCCC[C@@H]3C)c2)c1. The Balaban J connectivity index is 1.84. The lowest BCUT2D eigenvalue weighted by atomic mass is 10.1. The van der Waals surface area contributed by atoms with E-state index in [1.54, 1.807) is 28.6 Å². The van der Waals surface area contributed by atoms with E-state index in [4.69, 9.17) is 0 Å². The number of hydrogen-bond acceptors (Lipinski definition) is 3. The van der Waals surface area contributed by atoms with Gasteiger partial charge in [-0.25, -0.2) is 8.42 Å². The van der Waals surface area contributed by atoms with Crippen LogP contribution in [0.5, 0.6) is 0 Å². The molecule has 0 saturated carbocycles. The van der Waals surface area contributed by atoms with Gasteiger partial charge in [-0.15, -0.1) is 0 Å². The molecule has 0 aliphatic carbocycles. The summed E-state index contributed by atoms with van der Waals surface area (Å²) in [5.74, 6) is -0.320. The predicted octanol–water partition coefficient (Wildman–Crippen LogP) is 3.81. The number of nitrogens with one attached hydrogen (secondary N) is 1. The van der Waals surface area contributed by atoms with Crippen LogP contribution in [0.4, 0.5) is 5.69 Å². The molecule has 3 rings (SSSR count). The number of sulfonamides is 1. The van der Waals surface area contributed by atoms with Crippen molar-refractivity contribution in [1.29, 1.82) is 0 Å². The highest BCUT2D eigenvalue weighted by atomic mass is 32.2. The Morgan fingerprint density at radius 3 is 2.62 bits per heavy atom. The van der Waals surface area contributed by atoms with E-state index in [0.29, 0.717) is 17.8 Å². The van der Waals surface area contributed by atoms with Crippen molar-refractivity contribution in [3.8, 4) is 0 Å². The van der Waals surface area contributed by atoms with E-state index < -0.39 is 10.0 Å². The van der Waals surface area contributed by atoms with Gasteiger partial charge in [-0.1, -0.05) is 24.6 Å². The van der Waals surface area contributed by atoms with Crippen LogP contribution in [0, 0.1) is 6.92 Å². The third-order valence-electron chi connectivity index (χ3n) is 4.72. The van der Waals surface area contributed by atoms with Gasteiger partial charge < -0.3 is 5.32 Å². The molecule has 1 saturated heterocycles. The van der Waals surface area contributed by atoms with Crippen molar-refractivity contribution < 1.29 is 13.2 Å². The second kappa shape index (κ2) is 7.60. The third-order valence-corrected chi connectivity index (χ3v) is 6.73. The van der Waals surface area contributed by atoms with E-state index in [0.717, 1.165) is 24.8 Å². The molecule has 0 aromatic heterocycles. The summed E-state index contributed by atoms with van der Waals surface area (Å²) in [7, 11) is -3.59. The van der Waals surface area contributed by atoms with Gasteiger partial charge in [0.25, 0.3) is 5.91 Å². The highest BCUT2D eigenvalue weighted by Crippen LogP contribution is 2.25. The van der Waals surface area contributed by atoms with Gasteiger partial charge in [0.1, 0.15) is 0 Å². The highest BCUT2D eigenvalue weighted by molar-refractivity contribution is 7.89. The molecule has 138 valence electrons. The Kier molecular flexibility index (Phi) is 5.44. The molecule has 1 aliphatic heterocycles. The van der Waals surface area contributed by atoms with Crippen molar-refractivity contribution in [2.24, 2.45) is 0 Å². The average molecular weight is 372 g/mol. The first kappa shape index (κ1) is 18.6. The Hall–Kier alpha value is -2.18. The van der Waals surface area contributed by atoms with Gasteiger partial charge in [0, 0.05) is 23.8 Å². The zero-order valence-corrected chi connectivity index (χ0v) is 15.9. The van der Waals surface area contributed by atoms with E-state index >= 15 is 0 Å². The first-order valence-electron chi connectivity index (χ1n) is 8.88.